The molecule has 1 aliphatic rings. The fourth-order valence-corrected chi connectivity index (χ4v) is 4.71. The number of hydrogen-bond donors (Lipinski definition) is 2. The van der Waals surface area contributed by atoms with E-state index in [2.05, 4.69) is 10.3 Å². The van der Waals surface area contributed by atoms with Crippen LogP contribution in [0.25, 0.3) is 17.0 Å². The molecule has 3 amide bonds. The number of ether oxygens (including phenoxy) is 3. The molecule has 2 heterocycles. The van der Waals surface area contributed by atoms with Crippen molar-refractivity contribution in [1.29, 1.82) is 0 Å². The minimum absolute atomic E-state index is 0.0802. The van der Waals surface area contributed by atoms with Crippen molar-refractivity contribution in [2.24, 2.45) is 0 Å². The summed E-state index contributed by atoms with van der Waals surface area (Å²) in [6, 6.07) is 11.1. The van der Waals surface area contributed by atoms with Crippen molar-refractivity contribution in [2.75, 3.05) is 34.4 Å². The third kappa shape index (κ3) is 5.12. The predicted octanol–water partition coefficient (Wildman–Crippen LogP) is 3.59. The zero-order valence-corrected chi connectivity index (χ0v) is 20.4. The second-order valence-electron chi connectivity index (χ2n) is 7.68. The number of aromatic amines is 1. The number of fused-ring (bicyclic) bond motifs is 1. The number of benzene rings is 2. The minimum Gasteiger partial charge on any atom is -0.493 e. The van der Waals surface area contributed by atoms with Gasteiger partial charge in [0.25, 0.3) is 11.1 Å². The number of H-pyrrole nitrogens is 1. The van der Waals surface area contributed by atoms with Crippen molar-refractivity contribution in [1.82, 2.24) is 15.2 Å². The van der Waals surface area contributed by atoms with Crippen LogP contribution >= 0.6 is 11.8 Å². The molecule has 0 saturated carbocycles. The lowest BCUT2D eigenvalue weighted by Crippen LogP contribution is -2.37. The van der Waals surface area contributed by atoms with E-state index in [0.717, 1.165) is 33.1 Å². The Morgan fingerprint density at radius 1 is 1.09 bits per heavy atom. The van der Waals surface area contributed by atoms with Gasteiger partial charge in [0.05, 0.1) is 32.7 Å². The molecule has 0 spiro atoms. The molecule has 1 aliphatic heterocycles. The molecule has 1 aromatic heterocycles. The number of aromatic nitrogens is 1. The maximum atomic E-state index is 12.8. The van der Waals surface area contributed by atoms with Gasteiger partial charge in [0.2, 0.25) is 11.7 Å². The Morgan fingerprint density at radius 3 is 2.49 bits per heavy atom. The number of nitrogens with zero attached hydrogens (tertiary/aromatic N) is 1. The van der Waals surface area contributed by atoms with Crippen molar-refractivity contribution in [3.8, 4) is 17.2 Å². The van der Waals surface area contributed by atoms with Gasteiger partial charge < -0.3 is 24.5 Å². The van der Waals surface area contributed by atoms with E-state index in [1.165, 1.54) is 21.3 Å². The standard InChI is InChI=1S/C25H25N3O6S/c1-32-19-10-15(11-20(33-2)23(19)34-3)12-21-24(30)28(25(31)35-21)9-8-26-22(29)13-16-14-27-18-7-5-4-6-17(16)18/h4-7,10-12,14,27H,8-9,13H2,1-3H3,(H,26,29). The summed E-state index contributed by atoms with van der Waals surface area (Å²) in [4.78, 5) is 42.2. The van der Waals surface area contributed by atoms with Crippen LogP contribution in [0.2, 0.25) is 0 Å². The van der Waals surface area contributed by atoms with Gasteiger partial charge in [-0.1, -0.05) is 18.2 Å². The Kier molecular flexibility index (Phi) is 7.31. The fraction of sp³-hybridized carbons (Fsp3) is 0.240. The zero-order valence-electron chi connectivity index (χ0n) is 19.5. The number of para-hydroxylation sites is 1. The molecule has 0 aliphatic carbocycles. The molecule has 0 atom stereocenters. The second-order valence-corrected chi connectivity index (χ2v) is 8.67. The molecule has 35 heavy (non-hydrogen) atoms. The molecule has 0 unspecified atom stereocenters. The highest BCUT2D eigenvalue weighted by Gasteiger charge is 2.34. The third-order valence-electron chi connectivity index (χ3n) is 5.54. The number of thioether (sulfide) groups is 1. The van der Waals surface area contributed by atoms with Crippen LogP contribution in [0.1, 0.15) is 11.1 Å². The van der Waals surface area contributed by atoms with Crippen LogP contribution in [0.5, 0.6) is 17.2 Å². The maximum Gasteiger partial charge on any atom is 0.293 e. The summed E-state index contributed by atoms with van der Waals surface area (Å²) in [5.74, 6) is 0.712. The lowest BCUT2D eigenvalue weighted by Gasteiger charge is -2.13. The molecule has 1 saturated heterocycles. The van der Waals surface area contributed by atoms with Gasteiger partial charge in [0, 0.05) is 30.2 Å². The van der Waals surface area contributed by atoms with Crippen molar-refractivity contribution in [2.45, 2.75) is 6.42 Å². The Bertz CT molecular complexity index is 1290. The van der Waals surface area contributed by atoms with E-state index < -0.39 is 5.91 Å². The van der Waals surface area contributed by atoms with Gasteiger partial charge in [-0.15, -0.1) is 0 Å². The van der Waals surface area contributed by atoms with Gasteiger partial charge in [-0.25, -0.2) is 0 Å². The second kappa shape index (κ2) is 10.6. The van der Waals surface area contributed by atoms with E-state index >= 15 is 0 Å². The molecule has 9 nitrogen and oxygen atoms in total. The molecular formula is C25H25N3O6S. The summed E-state index contributed by atoms with van der Waals surface area (Å²) >= 11 is 0.846. The highest BCUT2D eigenvalue weighted by atomic mass is 32.2. The molecule has 0 bridgehead atoms. The number of carbonyl (C=O) groups is 3. The van der Waals surface area contributed by atoms with Crippen molar-refractivity contribution in [3.05, 3.63) is 58.6 Å². The highest BCUT2D eigenvalue weighted by Crippen LogP contribution is 2.40. The van der Waals surface area contributed by atoms with Crippen LogP contribution in [0.3, 0.4) is 0 Å². The van der Waals surface area contributed by atoms with E-state index in [1.807, 2.05) is 30.5 Å². The topological polar surface area (TPSA) is 110 Å². The van der Waals surface area contributed by atoms with Crippen LogP contribution < -0.4 is 19.5 Å². The Balaban J connectivity index is 1.38. The van der Waals surface area contributed by atoms with Gasteiger partial charge in [-0.2, -0.15) is 0 Å². The number of carbonyl (C=O) groups excluding carboxylic acids is 3. The van der Waals surface area contributed by atoms with E-state index in [9.17, 15) is 14.4 Å². The smallest absolute Gasteiger partial charge is 0.293 e. The van der Waals surface area contributed by atoms with E-state index in [0.29, 0.717) is 22.8 Å². The summed E-state index contributed by atoms with van der Waals surface area (Å²) < 4.78 is 16.0. The Morgan fingerprint density at radius 2 is 1.80 bits per heavy atom. The van der Waals surface area contributed by atoms with Crippen LogP contribution in [0, 0.1) is 0 Å². The minimum atomic E-state index is -0.417. The average Bonchev–Trinajstić information content (AvgIpc) is 3.38. The molecule has 182 valence electrons. The van der Waals surface area contributed by atoms with Gasteiger partial charge in [-0.3, -0.25) is 19.3 Å². The Labute approximate surface area is 206 Å². The quantitative estimate of drug-likeness (QED) is 0.437. The molecule has 3 aromatic rings. The average molecular weight is 496 g/mol. The highest BCUT2D eigenvalue weighted by molar-refractivity contribution is 8.18. The van der Waals surface area contributed by atoms with Crippen LogP contribution in [0.15, 0.2) is 47.5 Å². The number of amides is 3. The zero-order chi connectivity index (χ0) is 24.9. The first-order valence-corrected chi connectivity index (χ1v) is 11.6. The van der Waals surface area contributed by atoms with Crippen LogP contribution in [-0.2, 0) is 16.0 Å². The monoisotopic (exact) mass is 495 g/mol. The summed E-state index contributed by atoms with van der Waals surface area (Å²) in [7, 11) is 4.51. The van der Waals surface area contributed by atoms with Gasteiger partial charge >= 0.3 is 0 Å². The molecule has 2 N–H and O–H groups in total. The Hall–Kier alpha value is -3.92. The molecule has 10 heteroatoms. The normalized spacial score (nSPS) is 14.6. The van der Waals surface area contributed by atoms with Gasteiger partial charge in [-0.05, 0) is 47.2 Å². The SMILES string of the molecule is COc1cc(C=C2SC(=O)N(CCNC(=O)Cc3c[nH]c4ccccc34)C2=O)cc(OC)c1OC. The third-order valence-corrected chi connectivity index (χ3v) is 6.45. The summed E-state index contributed by atoms with van der Waals surface area (Å²) in [5.41, 5.74) is 2.47. The van der Waals surface area contributed by atoms with Gasteiger partial charge in [0.1, 0.15) is 0 Å². The summed E-state index contributed by atoms with van der Waals surface area (Å²) in [5, 5.41) is 3.39. The van der Waals surface area contributed by atoms with Crippen LogP contribution in [0.4, 0.5) is 4.79 Å². The molecule has 2 aromatic carbocycles. The number of imide groups is 1. The maximum absolute atomic E-state index is 12.8. The first-order valence-electron chi connectivity index (χ1n) is 10.8. The van der Waals surface area contributed by atoms with Crippen LogP contribution in [-0.4, -0.2) is 61.4 Å². The molecule has 4 rings (SSSR count). The molecule has 1 fully saturated rings. The summed E-state index contributed by atoms with van der Waals surface area (Å²) in [6.45, 7) is 0.244. The fourth-order valence-electron chi connectivity index (χ4n) is 3.85. The van der Waals surface area contributed by atoms with E-state index in [1.54, 1.807) is 18.2 Å². The molecule has 0 radical (unpaired) electrons. The predicted molar refractivity (Wildman–Crippen MR) is 134 cm³/mol. The van der Waals surface area contributed by atoms with Gasteiger partial charge in [0.15, 0.2) is 11.5 Å². The first kappa shape index (κ1) is 24.2. The number of methoxy groups -OCH3 is 3. The van der Waals surface area contributed by atoms with E-state index in [-0.39, 0.29) is 35.6 Å². The number of nitrogens with one attached hydrogen (secondary N) is 2. The first-order chi connectivity index (χ1) is 16.9. The number of rotatable bonds is 9. The largest absolute Gasteiger partial charge is 0.493 e. The number of hydrogen-bond acceptors (Lipinski definition) is 7. The lowest BCUT2D eigenvalue weighted by atomic mass is 10.1. The lowest BCUT2D eigenvalue weighted by molar-refractivity contribution is -0.124. The van der Waals surface area contributed by atoms with Crippen molar-refractivity contribution < 1.29 is 28.6 Å². The van der Waals surface area contributed by atoms with Crippen molar-refractivity contribution >= 4 is 45.8 Å². The van der Waals surface area contributed by atoms with Crippen molar-refractivity contribution in [3.63, 3.8) is 0 Å². The summed E-state index contributed by atoms with van der Waals surface area (Å²) in [6.07, 6.45) is 3.62. The molecular weight excluding hydrogens is 470 g/mol. The van der Waals surface area contributed by atoms with E-state index in [4.69, 9.17) is 14.2 Å².